The summed E-state index contributed by atoms with van der Waals surface area (Å²) in [7, 11) is 2.05. The highest BCUT2D eigenvalue weighted by molar-refractivity contribution is 5.73. The summed E-state index contributed by atoms with van der Waals surface area (Å²) in [4.78, 5) is 13.8. The summed E-state index contributed by atoms with van der Waals surface area (Å²) in [6.45, 7) is 2.16. The molecule has 2 heterocycles. The lowest BCUT2D eigenvalue weighted by Crippen LogP contribution is -2.61. The highest BCUT2D eigenvalue weighted by Crippen LogP contribution is 2.49. The Balaban J connectivity index is 2.22. The molecule has 4 nitrogen and oxygen atoms in total. The van der Waals surface area contributed by atoms with E-state index in [1.165, 1.54) is 0 Å². The standard InChI is InChI=1S/C14H25NO3/c1-3-4-5-7-14-8-6-10(15(14)2)9-11(16)12(14)13(17)18/h10-12,16H,3-9H2,1-2H3,(H,17,18)/t10-,11-,12+,14+/m0/s1. The minimum Gasteiger partial charge on any atom is -0.481 e. The molecule has 0 aliphatic carbocycles. The SMILES string of the molecule is CCCCC[C@@]12CC[C@@H](C[C@H](O)[C@@H]1C(=O)O)N2C. The summed E-state index contributed by atoms with van der Waals surface area (Å²) in [6, 6.07) is 0.372. The summed E-state index contributed by atoms with van der Waals surface area (Å²) < 4.78 is 0. The van der Waals surface area contributed by atoms with E-state index < -0.39 is 18.0 Å². The molecule has 2 rings (SSSR count). The molecule has 2 fully saturated rings. The molecule has 2 N–H and O–H groups in total. The fraction of sp³-hybridized carbons (Fsp3) is 0.929. The molecule has 2 aliphatic heterocycles. The molecule has 0 aromatic heterocycles. The third kappa shape index (κ3) is 2.05. The predicted octanol–water partition coefficient (Wildman–Crippen LogP) is 1.87. The number of fused-ring (bicyclic) bond motifs is 2. The van der Waals surface area contributed by atoms with Gasteiger partial charge in [0, 0.05) is 11.6 Å². The molecule has 104 valence electrons. The Hall–Kier alpha value is -0.610. The van der Waals surface area contributed by atoms with Gasteiger partial charge in [0.2, 0.25) is 0 Å². The van der Waals surface area contributed by atoms with E-state index in [2.05, 4.69) is 11.8 Å². The summed E-state index contributed by atoms with van der Waals surface area (Å²) in [6.07, 6.45) is 6.14. The fourth-order valence-corrected chi connectivity index (χ4v) is 4.11. The monoisotopic (exact) mass is 255 g/mol. The van der Waals surface area contributed by atoms with Gasteiger partial charge in [-0.15, -0.1) is 0 Å². The van der Waals surface area contributed by atoms with E-state index in [9.17, 15) is 15.0 Å². The van der Waals surface area contributed by atoms with Crippen LogP contribution in [0.5, 0.6) is 0 Å². The van der Waals surface area contributed by atoms with Crippen molar-refractivity contribution in [3.05, 3.63) is 0 Å². The maximum Gasteiger partial charge on any atom is 0.311 e. The molecule has 0 saturated carbocycles. The van der Waals surface area contributed by atoms with Crippen LogP contribution in [-0.4, -0.2) is 45.8 Å². The van der Waals surface area contributed by atoms with Crippen molar-refractivity contribution in [2.24, 2.45) is 5.92 Å². The summed E-state index contributed by atoms with van der Waals surface area (Å²) in [5, 5.41) is 19.6. The molecule has 0 radical (unpaired) electrons. The minimum absolute atomic E-state index is 0.302. The second-order valence-electron chi connectivity index (χ2n) is 5.98. The van der Waals surface area contributed by atoms with Crippen LogP contribution >= 0.6 is 0 Å². The van der Waals surface area contributed by atoms with Crippen molar-refractivity contribution in [1.29, 1.82) is 0 Å². The average molecular weight is 255 g/mol. The van der Waals surface area contributed by atoms with Gasteiger partial charge >= 0.3 is 5.97 Å². The Morgan fingerprint density at radius 1 is 1.44 bits per heavy atom. The van der Waals surface area contributed by atoms with Crippen molar-refractivity contribution < 1.29 is 15.0 Å². The molecule has 4 heteroatoms. The minimum atomic E-state index is -0.828. The number of carboxylic acids is 1. The first kappa shape index (κ1) is 13.8. The number of hydrogen-bond acceptors (Lipinski definition) is 3. The van der Waals surface area contributed by atoms with Gasteiger partial charge in [-0.1, -0.05) is 26.2 Å². The summed E-state index contributed by atoms with van der Waals surface area (Å²) in [5.74, 6) is -1.44. The highest BCUT2D eigenvalue weighted by atomic mass is 16.4. The zero-order valence-electron chi connectivity index (χ0n) is 11.4. The molecule has 0 unspecified atom stereocenters. The number of rotatable bonds is 5. The van der Waals surface area contributed by atoms with Crippen LogP contribution in [0.25, 0.3) is 0 Å². The van der Waals surface area contributed by atoms with Crippen LogP contribution in [0.3, 0.4) is 0 Å². The van der Waals surface area contributed by atoms with Gasteiger partial charge in [0.15, 0.2) is 0 Å². The summed E-state index contributed by atoms with van der Waals surface area (Å²) in [5.41, 5.74) is -0.302. The average Bonchev–Trinajstić information content (AvgIpc) is 2.52. The van der Waals surface area contributed by atoms with Crippen molar-refractivity contribution in [3.63, 3.8) is 0 Å². The van der Waals surface area contributed by atoms with Gasteiger partial charge in [-0.05, 0) is 32.7 Å². The quantitative estimate of drug-likeness (QED) is 0.736. The van der Waals surface area contributed by atoms with E-state index in [-0.39, 0.29) is 5.54 Å². The molecule has 0 aromatic carbocycles. The maximum absolute atomic E-state index is 11.5. The Morgan fingerprint density at radius 2 is 2.17 bits per heavy atom. The molecule has 0 spiro atoms. The van der Waals surface area contributed by atoms with E-state index in [0.717, 1.165) is 38.5 Å². The van der Waals surface area contributed by atoms with Crippen molar-refractivity contribution in [3.8, 4) is 0 Å². The lowest BCUT2D eigenvalue weighted by molar-refractivity contribution is -0.160. The van der Waals surface area contributed by atoms with Crippen LogP contribution in [0.15, 0.2) is 0 Å². The number of aliphatic hydroxyl groups excluding tert-OH is 1. The Bertz CT molecular complexity index is 320. The van der Waals surface area contributed by atoms with E-state index in [1.54, 1.807) is 0 Å². The number of hydrogen-bond donors (Lipinski definition) is 2. The first-order valence-corrected chi connectivity index (χ1v) is 7.16. The molecule has 4 atom stereocenters. The number of aliphatic hydroxyl groups is 1. The van der Waals surface area contributed by atoms with E-state index in [4.69, 9.17) is 0 Å². The first-order chi connectivity index (χ1) is 8.53. The van der Waals surface area contributed by atoms with Gasteiger partial charge in [-0.3, -0.25) is 9.69 Å². The third-order valence-corrected chi connectivity index (χ3v) is 5.12. The second-order valence-corrected chi connectivity index (χ2v) is 5.98. The molecule has 2 aliphatic rings. The number of piperidine rings is 1. The second kappa shape index (κ2) is 5.17. The lowest BCUT2D eigenvalue weighted by Gasteiger charge is -2.49. The summed E-state index contributed by atoms with van der Waals surface area (Å²) >= 11 is 0. The third-order valence-electron chi connectivity index (χ3n) is 5.12. The van der Waals surface area contributed by atoms with Gasteiger partial charge in [0.1, 0.15) is 5.92 Å². The fourth-order valence-electron chi connectivity index (χ4n) is 4.11. The van der Waals surface area contributed by atoms with Crippen LogP contribution in [0.4, 0.5) is 0 Å². The van der Waals surface area contributed by atoms with Crippen LogP contribution in [0, 0.1) is 5.92 Å². The maximum atomic E-state index is 11.5. The van der Waals surface area contributed by atoms with Crippen LogP contribution in [-0.2, 0) is 4.79 Å². The number of unbranched alkanes of at least 4 members (excludes halogenated alkanes) is 2. The van der Waals surface area contributed by atoms with Crippen LogP contribution in [0.2, 0.25) is 0 Å². The van der Waals surface area contributed by atoms with Gasteiger partial charge in [-0.25, -0.2) is 0 Å². The largest absolute Gasteiger partial charge is 0.481 e. The van der Waals surface area contributed by atoms with Crippen molar-refractivity contribution >= 4 is 5.97 Å². The number of carbonyl (C=O) groups is 1. The Kier molecular flexibility index (Phi) is 3.97. The predicted molar refractivity (Wildman–Crippen MR) is 69.4 cm³/mol. The molecular formula is C14H25NO3. The van der Waals surface area contributed by atoms with Crippen molar-refractivity contribution in [1.82, 2.24) is 4.90 Å². The highest BCUT2D eigenvalue weighted by Gasteiger charge is 2.58. The normalized spacial score (nSPS) is 40.1. The van der Waals surface area contributed by atoms with Gasteiger partial charge in [0.05, 0.1) is 6.10 Å². The molecule has 2 bridgehead atoms. The van der Waals surface area contributed by atoms with E-state index in [0.29, 0.717) is 12.5 Å². The molecule has 18 heavy (non-hydrogen) atoms. The van der Waals surface area contributed by atoms with Crippen LogP contribution < -0.4 is 0 Å². The smallest absolute Gasteiger partial charge is 0.311 e. The number of nitrogens with zero attached hydrogens (tertiary/aromatic N) is 1. The van der Waals surface area contributed by atoms with Gasteiger partial charge in [-0.2, -0.15) is 0 Å². The molecule has 0 amide bonds. The van der Waals surface area contributed by atoms with Crippen molar-refractivity contribution in [2.75, 3.05) is 7.05 Å². The zero-order chi connectivity index (χ0) is 13.3. The molecule has 2 saturated heterocycles. The van der Waals surface area contributed by atoms with E-state index in [1.807, 2.05) is 7.05 Å². The topological polar surface area (TPSA) is 60.8 Å². The number of carboxylic acid groups (broad SMARTS) is 1. The van der Waals surface area contributed by atoms with Crippen LogP contribution in [0.1, 0.15) is 51.9 Å². The van der Waals surface area contributed by atoms with Crippen molar-refractivity contribution in [2.45, 2.75) is 69.6 Å². The zero-order valence-corrected chi connectivity index (χ0v) is 11.4. The van der Waals surface area contributed by atoms with Gasteiger partial charge in [0.25, 0.3) is 0 Å². The Labute approximate surface area is 109 Å². The molecular weight excluding hydrogens is 230 g/mol. The van der Waals surface area contributed by atoms with E-state index >= 15 is 0 Å². The lowest BCUT2D eigenvalue weighted by atomic mass is 9.73. The Morgan fingerprint density at radius 3 is 2.78 bits per heavy atom. The first-order valence-electron chi connectivity index (χ1n) is 7.16. The van der Waals surface area contributed by atoms with Gasteiger partial charge < -0.3 is 10.2 Å². The molecule has 0 aromatic rings. The number of aliphatic carboxylic acids is 1.